The van der Waals surface area contributed by atoms with Gasteiger partial charge in [0.05, 0.1) is 36.6 Å². The van der Waals surface area contributed by atoms with Gasteiger partial charge in [-0.3, -0.25) is 28.8 Å². The summed E-state index contributed by atoms with van der Waals surface area (Å²) in [4.78, 5) is 74.3. The number of ketones is 6. The van der Waals surface area contributed by atoms with Crippen LogP contribution >= 0.6 is 0 Å². The average molecular weight is 1650 g/mol. The number of hydrogen-bond donors (Lipinski definition) is 6. The van der Waals surface area contributed by atoms with Gasteiger partial charge in [0, 0.05) is 51.4 Å². The van der Waals surface area contributed by atoms with E-state index in [0.717, 1.165) is 44.5 Å². The number of aliphatic hydroxyl groups excluding tert-OH is 6. The first-order chi connectivity index (χ1) is 56.9. The van der Waals surface area contributed by atoms with Crippen molar-refractivity contribution in [1.82, 2.24) is 0 Å². The summed E-state index contributed by atoms with van der Waals surface area (Å²) >= 11 is 0. The van der Waals surface area contributed by atoms with E-state index in [4.69, 9.17) is 28.4 Å². The zero-order chi connectivity index (χ0) is 90.3. The van der Waals surface area contributed by atoms with Crippen molar-refractivity contribution in [2.45, 2.75) is 270 Å². The van der Waals surface area contributed by atoms with Crippen molar-refractivity contribution >= 4 is 34.7 Å². The van der Waals surface area contributed by atoms with Gasteiger partial charge in [-0.05, 0) is 237 Å². The minimum absolute atomic E-state index is 0.00283. The van der Waals surface area contributed by atoms with Crippen molar-refractivity contribution in [3.05, 3.63) is 250 Å². The minimum Gasteiger partial charge on any atom is -0.491 e. The average Bonchev–Trinajstić information content (AvgIpc) is 0.815. The fourth-order valence-corrected chi connectivity index (χ4v) is 11.3. The minimum atomic E-state index is -1.00. The van der Waals surface area contributed by atoms with Crippen molar-refractivity contribution in [3.8, 4) is 34.5 Å². The Morgan fingerprint density at radius 1 is 0.244 bits per heavy atom. The second-order valence-electron chi connectivity index (χ2n) is 28.2. The number of allylic oxidation sites excluding steroid dienone is 6. The molecule has 6 aromatic carbocycles. The van der Waals surface area contributed by atoms with E-state index < -0.39 is 36.6 Å². The molecule has 0 heterocycles. The summed E-state index contributed by atoms with van der Waals surface area (Å²) < 4.78 is 37.5. The van der Waals surface area contributed by atoms with Gasteiger partial charge in [-0.2, -0.15) is 0 Å². The van der Waals surface area contributed by atoms with E-state index in [0.29, 0.717) is 98.3 Å². The molecular weight excluding hydrogens is 1500 g/mol. The van der Waals surface area contributed by atoms with Crippen molar-refractivity contribution in [2.75, 3.05) is 39.6 Å². The molecule has 0 aromatic heterocycles. The third kappa shape index (κ3) is 44.3. The summed E-state index contributed by atoms with van der Waals surface area (Å²) in [5.41, 5.74) is 10.7. The highest BCUT2D eigenvalue weighted by Gasteiger charge is 2.22. The van der Waals surface area contributed by atoms with Crippen LogP contribution in [0.2, 0.25) is 0 Å². The van der Waals surface area contributed by atoms with Crippen LogP contribution in [0.4, 0.5) is 0 Å². The molecule has 656 valence electrons. The van der Waals surface area contributed by atoms with Gasteiger partial charge in [0.15, 0.2) is 34.7 Å². The molecule has 6 atom stereocenters. The van der Waals surface area contributed by atoms with Crippen LogP contribution in [0.1, 0.15) is 257 Å². The Hall–Kier alpha value is -9.66. The third-order valence-corrected chi connectivity index (χ3v) is 18.0. The monoisotopic (exact) mass is 1650 g/mol. The van der Waals surface area contributed by atoms with Gasteiger partial charge < -0.3 is 59.1 Å². The number of carbonyl (C=O) groups is 6. The van der Waals surface area contributed by atoms with Gasteiger partial charge in [0.1, 0.15) is 74.1 Å². The summed E-state index contributed by atoms with van der Waals surface area (Å²) in [5.74, 6) is 2.05. The molecule has 6 rings (SSSR count). The maximum Gasteiger partial charge on any atom is 0.158 e. The molecule has 119 heavy (non-hydrogen) atoms. The van der Waals surface area contributed by atoms with Crippen molar-refractivity contribution in [1.29, 1.82) is 0 Å². The highest BCUT2D eigenvalue weighted by molar-refractivity contribution is 5.96. The summed E-state index contributed by atoms with van der Waals surface area (Å²) in [5, 5.41) is 65.8. The van der Waals surface area contributed by atoms with Crippen LogP contribution in [0.25, 0.3) is 0 Å². The van der Waals surface area contributed by atoms with Crippen LogP contribution in [-0.2, 0) is 60.9 Å². The molecule has 0 aliphatic heterocycles. The molecule has 0 spiro atoms. The Bertz CT molecular complexity index is 3830. The number of hydrogen-bond acceptors (Lipinski definition) is 18. The molecule has 0 amide bonds. The molecule has 0 radical (unpaired) electrons. The smallest absolute Gasteiger partial charge is 0.158 e. The first kappa shape index (κ1) is 109. The summed E-state index contributed by atoms with van der Waals surface area (Å²) in [6.45, 7) is 55.7. The van der Waals surface area contributed by atoms with E-state index in [1.807, 2.05) is 204 Å². The predicted octanol–water partition coefficient (Wildman–Crippen LogP) is 19.8. The zero-order valence-corrected chi connectivity index (χ0v) is 75.1. The van der Waals surface area contributed by atoms with Gasteiger partial charge >= 0.3 is 0 Å². The third-order valence-electron chi connectivity index (χ3n) is 18.0. The predicted molar refractivity (Wildman–Crippen MR) is 484 cm³/mol. The Balaban J connectivity index is 0.0000111. The molecule has 0 aliphatic rings. The molecule has 0 bridgehead atoms. The molecule has 6 N–H and O–H groups in total. The number of benzene rings is 6. The van der Waals surface area contributed by atoms with E-state index >= 15 is 0 Å². The Kier molecular flexibility index (Phi) is 57.4. The van der Waals surface area contributed by atoms with Gasteiger partial charge in [0.2, 0.25) is 0 Å². The van der Waals surface area contributed by atoms with Crippen molar-refractivity contribution in [2.24, 2.45) is 0 Å². The van der Waals surface area contributed by atoms with E-state index in [-0.39, 0.29) is 164 Å². The second kappa shape index (κ2) is 62.5. The summed E-state index contributed by atoms with van der Waals surface area (Å²) in [7, 11) is 0. The van der Waals surface area contributed by atoms with Gasteiger partial charge in [-0.15, -0.1) is 0 Å². The van der Waals surface area contributed by atoms with Gasteiger partial charge in [0.25, 0.3) is 0 Å². The fourth-order valence-electron chi connectivity index (χ4n) is 11.3. The van der Waals surface area contributed by atoms with Crippen LogP contribution in [-0.4, -0.2) is 142 Å². The van der Waals surface area contributed by atoms with Crippen molar-refractivity contribution < 1.29 is 87.8 Å². The summed E-state index contributed by atoms with van der Waals surface area (Å²) in [6, 6.07) is 38.2. The van der Waals surface area contributed by atoms with Gasteiger partial charge in [-0.25, -0.2) is 0 Å². The normalized spacial score (nSPS) is 11.8. The van der Waals surface area contributed by atoms with E-state index in [9.17, 15) is 59.4 Å². The van der Waals surface area contributed by atoms with Crippen molar-refractivity contribution in [3.63, 3.8) is 0 Å². The molecular formula is C101H144O18. The van der Waals surface area contributed by atoms with Crippen LogP contribution in [0.15, 0.2) is 194 Å². The molecule has 6 unspecified atom stereocenters. The summed E-state index contributed by atoms with van der Waals surface area (Å²) in [6.07, 6.45) is -2.14. The number of aliphatic hydroxyl groups is 6. The molecule has 0 fully saturated rings. The lowest BCUT2D eigenvalue weighted by Crippen LogP contribution is -2.20. The lowest BCUT2D eigenvalue weighted by atomic mass is 9.94. The zero-order valence-electron chi connectivity index (χ0n) is 75.1. The maximum absolute atomic E-state index is 12.6. The largest absolute Gasteiger partial charge is 0.491 e. The molecule has 0 saturated heterocycles. The van der Waals surface area contributed by atoms with E-state index in [1.54, 1.807) is 41.5 Å². The highest BCUT2D eigenvalue weighted by Crippen LogP contribution is 2.35. The Morgan fingerprint density at radius 2 is 0.403 bits per heavy atom. The molecule has 0 saturated carbocycles. The van der Waals surface area contributed by atoms with E-state index in [1.165, 1.54) is 0 Å². The Morgan fingerprint density at radius 3 is 0.580 bits per heavy atom. The molecule has 0 aliphatic carbocycles. The number of Topliss-reactive ketones (excluding diaryl/α,β-unsaturated/α-hetero) is 6. The first-order valence-electron chi connectivity index (χ1n) is 42.5. The SMILES string of the molecule is C=C(C)C(=O)CCC(O)COc1ccc(Cc2ccc(OCC(O)CCC(=O)C(=C)C)c(Cc3cc(Cc4ccc(OCC(O)CCC(=O)C(=C)C)c(Cc5cc(Cc6ccc(OCC(O)CCC(=O)C(=C)C)cc6)ccc5OCC(O)CCC(=O)C(=C)C)c4)ccc3OCC(O)CCC(=O)C(=C)C)c2)cc1.CC.CC.CC.CC.CC.CC. The standard InChI is InChI=1S/C89H108O18.6C2H6/c1-56(2)80(96)31-21-72(90)50-102-78-27-13-62(14-28-78)41-64-17-37-86(104-52-74(92)23-33-82(98)58(5)6)68(44-64)48-70-46-66(19-39-88(70)106-54-76(94)25-35-84(100)60(9)10)43-67-20-40-89(107-55-77(95)26-36-85(101)61(11)12)71(47-67)49-69-45-65(18-38-87(69)105-53-75(93)24-34-83(99)59(7)8)42-63-15-29-79(30-16-63)103-51-73(91)22-32-81(97)57(3)4;6*1-2/h13-20,27-30,37-40,44-47,72-77,90-95H,1,3,5,7,9,11,21-26,31-36,41-43,48-55H2,2,4,6,8,10,12H3;6*1-2H3. The molecule has 18 nitrogen and oxygen atoms in total. The number of rotatable bonds is 52. The number of ether oxygens (including phenoxy) is 6. The quantitative estimate of drug-likeness (QED) is 0.0194. The van der Waals surface area contributed by atoms with E-state index in [2.05, 4.69) is 39.5 Å². The molecule has 6 aromatic rings. The van der Waals surface area contributed by atoms with Crippen LogP contribution in [0.5, 0.6) is 34.5 Å². The topological polar surface area (TPSA) is 279 Å². The fraction of sp³-hybridized carbons (Fsp3) is 0.465. The molecule has 18 heteroatoms. The highest BCUT2D eigenvalue weighted by atomic mass is 16.5. The lowest BCUT2D eigenvalue weighted by molar-refractivity contribution is -0.116. The first-order valence-corrected chi connectivity index (χ1v) is 42.5. The van der Waals surface area contributed by atoms with Crippen LogP contribution in [0, 0.1) is 0 Å². The lowest BCUT2D eigenvalue weighted by Gasteiger charge is -2.20. The van der Waals surface area contributed by atoms with Gasteiger partial charge in [-0.1, -0.05) is 195 Å². The maximum atomic E-state index is 12.6. The van der Waals surface area contributed by atoms with Crippen LogP contribution < -0.4 is 28.4 Å². The Labute approximate surface area is 713 Å². The second-order valence-corrected chi connectivity index (χ2v) is 28.2. The van der Waals surface area contributed by atoms with Crippen LogP contribution in [0.3, 0.4) is 0 Å². The number of carbonyl (C=O) groups excluding carboxylic acids is 6.